The summed E-state index contributed by atoms with van der Waals surface area (Å²) in [6, 6.07) is 9.97. The minimum atomic E-state index is -0.0345. The highest BCUT2D eigenvalue weighted by atomic mass is 32.1. The molecule has 5 nitrogen and oxygen atoms in total. The van der Waals surface area contributed by atoms with Gasteiger partial charge in [0.2, 0.25) is 5.95 Å². The molecule has 6 heteroatoms. The number of benzene rings is 1. The summed E-state index contributed by atoms with van der Waals surface area (Å²) in [6.07, 6.45) is 0. The van der Waals surface area contributed by atoms with Crippen LogP contribution >= 0.6 is 11.3 Å². The first kappa shape index (κ1) is 14.7. The number of fused-ring (bicyclic) bond motifs is 1. The molecule has 3 N–H and O–H groups in total. The number of aryl methyl sites for hydroxylation is 1. The molecule has 3 aromatic rings. The molecule has 0 aliphatic heterocycles. The molecule has 0 aliphatic carbocycles. The van der Waals surface area contributed by atoms with Crippen LogP contribution in [-0.2, 0) is 7.05 Å². The van der Waals surface area contributed by atoms with E-state index >= 15 is 0 Å². The molecule has 0 atom stereocenters. The first-order chi connectivity index (χ1) is 10.6. The number of hydrogen-bond acceptors (Lipinski definition) is 5. The van der Waals surface area contributed by atoms with Crippen molar-refractivity contribution in [3.63, 3.8) is 0 Å². The van der Waals surface area contributed by atoms with Gasteiger partial charge in [0.15, 0.2) is 0 Å². The Balaban J connectivity index is 2.27. The van der Waals surface area contributed by atoms with E-state index in [1.807, 2.05) is 37.3 Å². The summed E-state index contributed by atoms with van der Waals surface area (Å²) in [5, 5.41) is 3.79. The van der Waals surface area contributed by atoms with Gasteiger partial charge in [-0.2, -0.15) is 0 Å². The Morgan fingerprint density at radius 3 is 2.73 bits per heavy atom. The molecule has 0 aliphatic rings. The fraction of sp³-hybridized carbons (Fsp3) is 0.250. The number of aromatic nitrogens is 2. The van der Waals surface area contributed by atoms with Gasteiger partial charge in [0.25, 0.3) is 5.56 Å². The van der Waals surface area contributed by atoms with Crippen molar-refractivity contribution in [2.45, 2.75) is 6.92 Å². The maximum Gasteiger partial charge on any atom is 0.264 e. The number of rotatable bonds is 4. The molecule has 2 aromatic heterocycles. The van der Waals surface area contributed by atoms with E-state index in [1.54, 1.807) is 23.0 Å². The topological polar surface area (TPSA) is 72.9 Å². The zero-order valence-corrected chi connectivity index (χ0v) is 13.4. The minimum Gasteiger partial charge on any atom is -0.354 e. The van der Waals surface area contributed by atoms with Gasteiger partial charge in [-0.3, -0.25) is 9.36 Å². The Morgan fingerprint density at radius 2 is 2.05 bits per heavy atom. The number of nitrogens with two attached hydrogens (primary N) is 1. The zero-order valence-electron chi connectivity index (χ0n) is 12.6. The van der Waals surface area contributed by atoms with Crippen LogP contribution in [0.4, 0.5) is 5.95 Å². The predicted molar refractivity (Wildman–Crippen MR) is 92.6 cm³/mol. The van der Waals surface area contributed by atoms with Gasteiger partial charge in [-0.05, 0) is 12.5 Å². The van der Waals surface area contributed by atoms with E-state index in [9.17, 15) is 4.79 Å². The molecule has 22 heavy (non-hydrogen) atoms. The standard InChI is InChI=1S/C16H18N4OS/c1-10-12(11-6-4-3-5-7-11)13-14(22-10)19-16(18-9-8-17)20(2)15(13)21/h3-7H,8-9,17H2,1-2H3,(H,18,19). The second-order valence-corrected chi connectivity index (χ2v) is 6.30. The highest BCUT2D eigenvalue weighted by Crippen LogP contribution is 2.35. The lowest BCUT2D eigenvalue weighted by atomic mass is 10.0. The lowest BCUT2D eigenvalue weighted by Crippen LogP contribution is -2.24. The summed E-state index contributed by atoms with van der Waals surface area (Å²) in [6.45, 7) is 3.11. The van der Waals surface area contributed by atoms with Crippen molar-refractivity contribution >= 4 is 27.5 Å². The molecule has 114 valence electrons. The lowest BCUT2D eigenvalue weighted by Gasteiger charge is -2.09. The summed E-state index contributed by atoms with van der Waals surface area (Å²) in [4.78, 5) is 19.2. The fourth-order valence-electron chi connectivity index (χ4n) is 2.54. The SMILES string of the molecule is Cc1sc2nc(NCCN)n(C)c(=O)c2c1-c1ccccc1. The average Bonchev–Trinajstić information content (AvgIpc) is 2.86. The van der Waals surface area contributed by atoms with Crippen LogP contribution in [0, 0.1) is 6.92 Å². The van der Waals surface area contributed by atoms with E-state index in [2.05, 4.69) is 10.3 Å². The minimum absolute atomic E-state index is 0.0345. The van der Waals surface area contributed by atoms with Crippen LogP contribution in [0.2, 0.25) is 0 Å². The molecular weight excluding hydrogens is 296 g/mol. The van der Waals surface area contributed by atoms with E-state index in [0.717, 1.165) is 20.8 Å². The molecule has 1 aromatic carbocycles. The van der Waals surface area contributed by atoms with Crippen LogP contribution in [0.1, 0.15) is 4.88 Å². The third-order valence-corrected chi connectivity index (χ3v) is 4.60. The van der Waals surface area contributed by atoms with Crippen LogP contribution in [0.15, 0.2) is 35.1 Å². The Kier molecular flexibility index (Phi) is 3.96. The van der Waals surface area contributed by atoms with E-state index < -0.39 is 0 Å². The Hall–Kier alpha value is -2.18. The molecule has 0 radical (unpaired) electrons. The molecule has 0 saturated carbocycles. The van der Waals surface area contributed by atoms with Gasteiger partial charge in [0.1, 0.15) is 4.83 Å². The monoisotopic (exact) mass is 314 g/mol. The molecule has 2 heterocycles. The van der Waals surface area contributed by atoms with Crippen LogP contribution in [0.5, 0.6) is 0 Å². The average molecular weight is 314 g/mol. The van der Waals surface area contributed by atoms with Crippen LogP contribution in [0.3, 0.4) is 0 Å². The smallest absolute Gasteiger partial charge is 0.264 e. The fourth-order valence-corrected chi connectivity index (χ4v) is 3.57. The molecule has 0 unspecified atom stereocenters. The lowest BCUT2D eigenvalue weighted by molar-refractivity contribution is 0.837. The van der Waals surface area contributed by atoms with Crippen molar-refractivity contribution in [3.8, 4) is 11.1 Å². The first-order valence-electron chi connectivity index (χ1n) is 7.13. The van der Waals surface area contributed by atoms with Crippen molar-refractivity contribution in [1.29, 1.82) is 0 Å². The van der Waals surface area contributed by atoms with Gasteiger partial charge < -0.3 is 11.1 Å². The molecule has 0 bridgehead atoms. The zero-order chi connectivity index (χ0) is 15.7. The van der Waals surface area contributed by atoms with Crippen molar-refractivity contribution in [2.75, 3.05) is 18.4 Å². The molecule has 3 rings (SSSR count). The third kappa shape index (κ3) is 2.40. The summed E-state index contributed by atoms with van der Waals surface area (Å²) in [5.41, 5.74) is 7.51. The quantitative estimate of drug-likeness (QED) is 0.775. The van der Waals surface area contributed by atoms with E-state index in [-0.39, 0.29) is 5.56 Å². The highest BCUT2D eigenvalue weighted by molar-refractivity contribution is 7.19. The summed E-state index contributed by atoms with van der Waals surface area (Å²) in [7, 11) is 1.73. The predicted octanol–water partition coefficient (Wildman–Crippen LogP) is 2.34. The summed E-state index contributed by atoms with van der Waals surface area (Å²) in [5.74, 6) is 0.559. The first-order valence-corrected chi connectivity index (χ1v) is 7.94. The number of nitrogens with one attached hydrogen (secondary N) is 1. The Bertz CT molecular complexity index is 867. The molecule has 0 fully saturated rings. The van der Waals surface area contributed by atoms with E-state index in [1.165, 1.54) is 0 Å². The van der Waals surface area contributed by atoms with Gasteiger partial charge in [-0.1, -0.05) is 30.3 Å². The van der Waals surface area contributed by atoms with Gasteiger partial charge >= 0.3 is 0 Å². The van der Waals surface area contributed by atoms with Crippen molar-refractivity contribution in [3.05, 3.63) is 45.6 Å². The van der Waals surface area contributed by atoms with E-state index in [4.69, 9.17) is 5.73 Å². The second-order valence-electron chi connectivity index (χ2n) is 5.09. The number of anilines is 1. The molecule has 0 amide bonds. The van der Waals surface area contributed by atoms with Crippen LogP contribution in [0.25, 0.3) is 21.3 Å². The normalized spacial score (nSPS) is 11.0. The van der Waals surface area contributed by atoms with Crippen molar-refractivity contribution in [2.24, 2.45) is 12.8 Å². The maximum atomic E-state index is 12.8. The maximum absolute atomic E-state index is 12.8. The summed E-state index contributed by atoms with van der Waals surface area (Å²) >= 11 is 1.55. The summed E-state index contributed by atoms with van der Waals surface area (Å²) < 4.78 is 1.55. The van der Waals surface area contributed by atoms with Gasteiger partial charge in [-0.15, -0.1) is 11.3 Å². The number of hydrogen-bond donors (Lipinski definition) is 2. The Labute approximate surface area is 132 Å². The Morgan fingerprint density at radius 1 is 1.32 bits per heavy atom. The van der Waals surface area contributed by atoms with Crippen LogP contribution < -0.4 is 16.6 Å². The third-order valence-electron chi connectivity index (χ3n) is 3.60. The number of nitrogens with zero attached hydrogens (tertiary/aromatic N) is 2. The van der Waals surface area contributed by atoms with Crippen LogP contribution in [-0.4, -0.2) is 22.6 Å². The molecule has 0 spiro atoms. The second kappa shape index (κ2) is 5.90. The van der Waals surface area contributed by atoms with E-state index in [0.29, 0.717) is 24.4 Å². The van der Waals surface area contributed by atoms with Gasteiger partial charge in [0.05, 0.1) is 5.39 Å². The molecular formula is C16H18N4OS. The van der Waals surface area contributed by atoms with Gasteiger partial charge in [-0.25, -0.2) is 4.98 Å². The largest absolute Gasteiger partial charge is 0.354 e. The number of thiophene rings is 1. The van der Waals surface area contributed by atoms with Crippen molar-refractivity contribution in [1.82, 2.24) is 9.55 Å². The highest BCUT2D eigenvalue weighted by Gasteiger charge is 2.18. The van der Waals surface area contributed by atoms with Crippen molar-refractivity contribution < 1.29 is 0 Å². The van der Waals surface area contributed by atoms with Gasteiger partial charge in [0, 0.05) is 30.6 Å². The molecule has 0 saturated heterocycles.